The van der Waals surface area contributed by atoms with Crippen molar-refractivity contribution in [3.05, 3.63) is 52.4 Å². The Labute approximate surface area is 151 Å². The van der Waals surface area contributed by atoms with Crippen LogP contribution in [0.15, 0.2) is 40.6 Å². The van der Waals surface area contributed by atoms with Crippen LogP contribution < -0.4 is 4.72 Å². The highest BCUT2D eigenvalue weighted by atomic mass is 32.2. The minimum atomic E-state index is -3.90. The van der Waals surface area contributed by atoms with E-state index in [9.17, 15) is 13.2 Å². The van der Waals surface area contributed by atoms with Crippen LogP contribution in [0.2, 0.25) is 0 Å². The lowest BCUT2D eigenvalue weighted by atomic mass is 10.1. The molecule has 1 aromatic heterocycles. The van der Waals surface area contributed by atoms with Crippen molar-refractivity contribution in [2.75, 3.05) is 0 Å². The third kappa shape index (κ3) is 5.16. The maximum absolute atomic E-state index is 12.4. The molecule has 0 radical (unpaired) electrons. The number of hydrogen-bond acceptors (Lipinski definition) is 4. The average Bonchev–Trinajstić information content (AvgIpc) is 3.01. The topological polar surface area (TPSA) is 83.5 Å². The van der Waals surface area contributed by atoms with E-state index in [4.69, 9.17) is 5.11 Å². The van der Waals surface area contributed by atoms with E-state index < -0.39 is 22.0 Å². The molecule has 0 bridgehead atoms. The van der Waals surface area contributed by atoms with Crippen LogP contribution in [0.25, 0.3) is 0 Å². The lowest BCUT2D eigenvalue weighted by molar-refractivity contribution is -0.140. The van der Waals surface area contributed by atoms with Gasteiger partial charge in [-0.25, -0.2) is 8.42 Å². The first-order valence-corrected chi connectivity index (χ1v) is 9.92. The number of aryl methyl sites for hydroxylation is 1. The molecule has 1 heterocycles. The minimum Gasteiger partial charge on any atom is -0.480 e. The van der Waals surface area contributed by atoms with Crippen molar-refractivity contribution in [1.82, 2.24) is 4.72 Å². The molecule has 2 rings (SSSR count). The number of hydrogen-bond donors (Lipinski definition) is 2. The number of nitrogens with one attached hydrogen (secondary N) is 1. The quantitative estimate of drug-likeness (QED) is 0.785. The molecule has 132 valence electrons. The Balaban J connectivity index is 2.20. The highest BCUT2D eigenvalue weighted by molar-refractivity contribution is 7.91. The van der Waals surface area contributed by atoms with Gasteiger partial charge in [-0.15, -0.1) is 11.3 Å². The first kappa shape index (κ1) is 19.2. The number of thiophene rings is 1. The molecule has 25 heavy (non-hydrogen) atoms. The highest BCUT2D eigenvalue weighted by Crippen LogP contribution is 2.22. The zero-order valence-electron chi connectivity index (χ0n) is 14.1. The van der Waals surface area contributed by atoms with Crippen LogP contribution in [0.5, 0.6) is 0 Å². The van der Waals surface area contributed by atoms with E-state index >= 15 is 0 Å². The molecule has 1 atom stereocenters. The predicted octanol–water partition coefficient (Wildman–Crippen LogP) is 2.84. The van der Waals surface area contributed by atoms with E-state index in [0.29, 0.717) is 4.88 Å². The van der Waals surface area contributed by atoms with E-state index in [0.717, 1.165) is 22.5 Å². The number of aliphatic carboxylic acids is 1. The van der Waals surface area contributed by atoms with Gasteiger partial charge in [0.25, 0.3) is 10.0 Å². The van der Waals surface area contributed by atoms with Gasteiger partial charge in [0.05, 0.1) is 4.88 Å². The van der Waals surface area contributed by atoms with Gasteiger partial charge in [-0.3, -0.25) is 4.79 Å². The summed E-state index contributed by atoms with van der Waals surface area (Å²) in [4.78, 5) is 11.8. The van der Waals surface area contributed by atoms with E-state index in [-0.39, 0.29) is 10.1 Å². The van der Waals surface area contributed by atoms with Crippen molar-refractivity contribution >= 4 is 27.3 Å². The zero-order chi connectivity index (χ0) is 18.6. The monoisotopic (exact) mass is 377 g/mol. The van der Waals surface area contributed by atoms with Crippen LogP contribution in [0, 0.1) is 24.7 Å². The molecule has 0 aliphatic heterocycles. The molecule has 2 N–H and O–H groups in total. The lowest BCUT2D eigenvalue weighted by Gasteiger charge is -2.17. The summed E-state index contributed by atoms with van der Waals surface area (Å²) >= 11 is 1.01. The van der Waals surface area contributed by atoms with Crippen LogP contribution in [0.3, 0.4) is 0 Å². The molecule has 0 amide bonds. The van der Waals surface area contributed by atoms with Gasteiger partial charge in [-0.1, -0.05) is 43.4 Å². The number of rotatable bonds is 5. The van der Waals surface area contributed by atoms with Crippen LogP contribution in [0.1, 0.15) is 29.9 Å². The molecule has 0 fully saturated rings. The normalized spacial score (nSPS) is 12.5. The first-order valence-electron chi connectivity index (χ1n) is 7.62. The number of carboxylic acids is 1. The summed E-state index contributed by atoms with van der Waals surface area (Å²) in [5.74, 6) is 4.35. The molecule has 5 nitrogen and oxygen atoms in total. The van der Waals surface area contributed by atoms with E-state index in [1.54, 1.807) is 19.9 Å². The van der Waals surface area contributed by atoms with Crippen molar-refractivity contribution in [2.24, 2.45) is 5.92 Å². The van der Waals surface area contributed by atoms with E-state index in [2.05, 4.69) is 16.6 Å². The van der Waals surface area contributed by atoms with Crippen LogP contribution in [-0.4, -0.2) is 25.5 Å². The number of carbonyl (C=O) groups is 1. The smallest absolute Gasteiger partial charge is 0.322 e. The number of benzene rings is 1. The van der Waals surface area contributed by atoms with Crippen LogP contribution in [-0.2, 0) is 14.8 Å². The summed E-state index contributed by atoms with van der Waals surface area (Å²) in [6.07, 6.45) is 0. The SMILES string of the molecule is Cc1ccc(C#Cc2ccc(S(=O)(=O)N[C@@H](C(=O)O)C(C)C)s2)cc1. The molecule has 0 aliphatic rings. The lowest BCUT2D eigenvalue weighted by Crippen LogP contribution is -2.43. The Kier molecular flexibility index (Phi) is 6.01. The maximum atomic E-state index is 12.4. The third-order valence-electron chi connectivity index (χ3n) is 3.44. The largest absolute Gasteiger partial charge is 0.480 e. The second-order valence-corrected chi connectivity index (χ2v) is 8.94. The van der Waals surface area contributed by atoms with E-state index in [1.165, 1.54) is 6.07 Å². The van der Waals surface area contributed by atoms with Crippen molar-refractivity contribution in [2.45, 2.75) is 31.0 Å². The standard InChI is InChI=1S/C18H19NO4S2/c1-12(2)17(18(20)21)19-25(22,23)16-11-10-15(24-16)9-8-14-6-4-13(3)5-7-14/h4-7,10-12,17,19H,1-3H3,(H,20,21)/t17-/m1/s1. The van der Waals surface area contributed by atoms with Crippen molar-refractivity contribution in [3.8, 4) is 11.8 Å². The second-order valence-electron chi connectivity index (χ2n) is 5.92. The van der Waals surface area contributed by atoms with Gasteiger partial charge in [-0.05, 0) is 37.1 Å². The summed E-state index contributed by atoms with van der Waals surface area (Å²) in [6.45, 7) is 5.28. The fraction of sp³-hybridized carbons (Fsp3) is 0.278. The Morgan fingerprint density at radius 3 is 2.32 bits per heavy atom. The number of carboxylic acid groups (broad SMARTS) is 1. The van der Waals surface area contributed by atoms with Gasteiger partial charge in [0.15, 0.2) is 0 Å². The predicted molar refractivity (Wildman–Crippen MR) is 98.1 cm³/mol. The minimum absolute atomic E-state index is 0.0487. The van der Waals surface area contributed by atoms with Gasteiger partial charge in [0.1, 0.15) is 10.3 Å². The fourth-order valence-electron chi connectivity index (χ4n) is 2.00. The molecule has 0 aliphatic carbocycles. The summed E-state index contributed by atoms with van der Waals surface area (Å²) in [6, 6.07) is 9.59. The maximum Gasteiger partial charge on any atom is 0.322 e. The van der Waals surface area contributed by atoms with Gasteiger partial charge >= 0.3 is 5.97 Å². The number of sulfonamides is 1. The zero-order valence-corrected chi connectivity index (χ0v) is 15.7. The summed E-state index contributed by atoms with van der Waals surface area (Å²) < 4.78 is 27.0. The molecule has 0 saturated carbocycles. The van der Waals surface area contributed by atoms with Crippen LogP contribution >= 0.6 is 11.3 Å². The molecule has 1 aromatic carbocycles. The molecular weight excluding hydrogens is 358 g/mol. The molecule has 0 saturated heterocycles. The summed E-state index contributed by atoms with van der Waals surface area (Å²) in [5.41, 5.74) is 1.98. The average molecular weight is 377 g/mol. The van der Waals surface area contributed by atoms with Gasteiger partial charge in [0.2, 0.25) is 0 Å². The highest BCUT2D eigenvalue weighted by Gasteiger charge is 2.28. The third-order valence-corrected chi connectivity index (χ3v) is 6.38. The molecule has 7 heteroatoms. The molecule has 0 spiro atoms. The Morgan fingerprint density at radius 2 is 1.76 bits per heavy atom. The van der Waals surface area contributed by atoms with Gasteiger partial charge in [0, 0.05) is 5.56 Å². The second kappa shape index (κ2) is 7.83. The van der Waals surface area contributed by atoms with Crippen molar-refractivity contribution < 1.29 is 18.3 Å². The molecule has 2 aromatic rings. The van der Waals surface area contributed by atoms with Crippen molar-refractivity contribution in [3.63, 3.8) is 0 Å². The summed E-state index contributed by atoms with van der Waals surface area (Å²) in [5, 5.41) is 9.14. The Hall–Kier alpha value is -2.14. The molecule has 0 unspecified atom stereocenters. The van der Waals surface area contributed by atoms with Gasteiger partial charge < -0.3 is 5.11 Å². The van der Waals surface area contributed by atoms with E-state index in [1.807, 2.05) is 31.2 Å². The summed E-state index contributed by atoms with van der Waals surface area (Å²) in [7, 11) is -3.90. The van der Waals surface area contributed by atoms with Gasteiger partial charge in [-0.2, -0.15) is 4.72 Å². The Morgan fingerprint density at radius 1 is 1.12 bits per heavy atom. The Bertz CT molecular complexity index is 916. The molecular formula is C18H19NO4S2. The van der Waals surface area contributed by atoms with Crippen LogP contribution in [0.4, 0.5) is 0 Å². The fourth-order valence-corrected chi connectivity index (χ4v) is 4.51. The first-order chi connectivity index (χ1) is 11.7. The van der Waals surface area contributed by atoms with Crippen molar-refractivity contribution in [1.29, 1.82) is 0 Å².